The monoisotopic (exact) mass is 347 g/mol. The van der Waals surface area contributed by atoms with Gasteiger partial charge in [-0.2, -0.15) is 0 Å². The van der Waals surface area contributed by atoms with Crippen LogP contribution < -0.4 is 10.5 Å². The third-order valence-corrected chi connectivity index (χ3v) is 5.93. The second-order valence-electron chi connectivity index (χ2n) is 6.18. The summed E-state index contributed by atoms with van der Waals surface area (Å²) in [6.45, 7) is 8.96. The van der Waals surface area contributed by atoms with Crippen LogP contribution in [-0.4, -0.2) is 8.07 Å². The summed E-state index contributed by atoms with van der Waals surface area (Å²) in [7, 11) is -1.17. The zero-order valence-electron chi connectivity index (χ0n) is 12.4. The van der Waals surface area contributed by atoms with E-state index in [1.165, 1.54) is 16.3 Å². The van der Waals surface area contributed by atoms with Crippen molar-refractivity contribution >= 4 is 29.2 Å². The van der Waals surface area contributed by atoms with E-state index in [0.29, 0.717) is 0 Å². The third kappa shape index (κ3) is 4.58. The topological polar surface area (TPSA) is 12.0 Å². The van der Waals surface area contributed by atoms with Gasteiger partial charge in [-0.25, -0.2) is 0 Å². The minimum Gasteiger partial charge on any atom is -0.309 e. The second-order valence-corrected chi connectivity index (χ2v) is 12.2. The molecule has 2 rings (SSSR count). The van der Waals surface area contributed by atoms with Gasteiger partial charge >= 0.3 is 0 Å². The fraction of sp³-hybridized carbons (Fsp3) is 0.294. The molecular formula is C17H22BrNSi. The van der Waals surface area contributed by atoms with Gasteiger partial charge in [-0.3, -0.25) is 0 Å². The van der Waals surface area contributed by atoms with Crippen molar-refractivity contribution < 1.29 is 0 Å². The Balaban J connectivity index is 1.88. The minimum atomic E-state index is -1.17. The van der Waals surface area contributed by atoms with Gasteiger partial charge in [0.05, 0.1) is 8.07 Å². The van der Waals surface area contributed by atoms with E-state index < -0.39 is 8.07 Å². The Hall–Kier alpha value is -0.903. The Labute approximate surface area is 131 Å². The maximum atomic E-state index is 3.50. The van der Waals surface area contributed by atoms with Crippen molar-refractivity contribution in [1.82, 2.24) is 5.32 Å². The van der Waals surface area contributed by atoms with Crippen LogP contribution in [0.25, 0.3) is 0 Å². The average Bonchev–Trinajstić information content (AvgIpc) is 2.38. The minimum absolute atomic E-state index is 0.898. The maximum Gasteiger partial charge on any atom is 0.0775 e. The Morgan fingerprint density at radius 3 is 2.15 bits per heavy atom. The van der Waals surface area contributed by atoms with Crippen molar-refractivity contribution in [3.05, 3.63) is 64.1 Å². The van der Waals surface area contributed by atoms with Gasteiger partial charge in [-0.15, -0.1) is 0 Å². The normalized spacial score (nSPS) is 11.6. The van der Waals surface area contributed by atoms with E-state index in [0.717, 1.165) is 17.6 Å². The molecule has 0 radical (unpaired) electrons. The summed E-state index contributed by atoms with van der Waals surface area (Å²) in [6, 6.07) is 17.5. The maximum absolute atomic E-state index is 3.50. The zero-order chi connectivity index (χ0) is 14.6. The number of nitrogens with one attached hydrogen (secondary N) is 1. The van der Waals surface area contributed by atoms with Gasteiger partial charge < -0.3 is 5.32 Å². The molecule has 0 aromatic heterocycles. The average molecular weight is 348 g/mol. The summed E-state index contributed by atoms with van der Waals surface area (Å²) >= 11 is 3.50. The molecular weight excluding hydrogens is 326 g/mol. The van der Waals surface area contributed by atoms with Gasteiger partial charge in [0, 0.05) is 17.6 Å². The van der Waals surface area contributed by atoms with Crippen molar-refractivity contribution in [3.63, 3.8) is 0 Å². The number of halogens is 1. The highest BCUT2D eigenvalue weighted by Crippen LogP contribution is 2.11. The Morgan fingerprint density at radius 2 is 1.55 bits per heavy atom. The highest BCUT2D eigenvalue weighted by atomic mass is 79.9. The van der Waals surface area contributed by atoms with Crippen LogP contribution in [0.1, 0.15) is 11.1 Å². The standard InChI is InChI=1S/C17H22BrNSi/c1-20(2,3)17-9-7-14(8-10-17)12-19-13-15-5-4-6-16(18)11-15/h4-11,19H,12-13H2,1-3H3. The van der Waals surface area contributed by atoms with Crippen molar-refractivity contribution in [3.8, 4) is 0 Å². The van der Waals surface area contributed by atoms with Gasteiger partial charge in [0.1, 0.15) is 0 Å². The van der Waals surface area contributed by atoms with Gasteiger partial charge in [0.25, 0.3) is 0 Å². The fourth-order valence-corrected chi connectivity index (χ4v) is 3.73. The molecule has 2 aromatic rings. The quantitative estimate of drug-likeness (QED) is 0.795. The van der Waals surface area contributed by atoms with Gasteiger partial charge in [0.2, 0.25) is 0 Å². The molecule has 0 fully saturated rings. The molecule has 20 heavy (non-hydrogen) atoms. The molecule has 106 valence electrons. The van der Waals surface area contributed by atoms with Crippen LogP contribution >= 0.6 is 15.9 Å². The number of benzene rings is 2. The molecule has 0 aliphatic carbocycles. The summed E-state index contributed by atoms with van der Waals surface area (Å²) in [5.74, 6) is 0. The summed E-state index contributed by atoms with van der Waals surface area (Å²) in [4.78, 5) is 0. The lowest BCUT2D eigenvalue weighted by Crippen LogP contribution is -2.37. The first-order chi connectivity index (χ1) is 9.45. The van der Waals surface area contributed by atoms with E-state index in [1.807, 2.05) is 0 Å². The van der Waals surface area contributed by atoms with E-state index >= 15 is 0 Å². The first kappa shape index (κ1) is 15.5. The molecule has 0 spiro atoms. The van der Waals surface area contributed by atoms with Crippen molar-refractivity contribution in [2.45, 2.75) is 32.7 Å². The molecule has 0 aliphatic heterocycles. The SMILES string of the molecule is C[Si](C)(C)c1ccc(CNCc2cccc(Br)c2)cc1. The van der Waals surface area contributed by atoms with E-state index in [-0.39, 0.29) is 0 Å². The molecule has 2 aromatic carbocycles. The van der Waals surface area contributed by atoms with E-state index in [9.17, 15) is 0 Å². The molecule has 0 saturated heterocycles. The molecule has 0 aliphatic rings. The molecule has 0 heterocycles. The molecule has 0 bridgehead atoms. The highest BCUT2D eigenvalue weighted by molar-refractivity contribution is 9.10. The zero-order valence-corrected chi connectivity index (χ0v) is 15.0. The lowest BCUT2D eigenvalue weighted by atomic mass is 10.2. The lowest BCUT2D eigenvalue weighted by molar-refractivity contribution is 0.693. The first-order valence-corrected chi connectivity index (χ1v) is 11.3. The summed E-state index contributed by atoms with van der Waals surface area (Å²) < 4.78 is 1.14. The molecule has 1 nitrogen and oxygen atoms in total. The molecule has 3 heteroatoms. The smallest absolute Gasteiger partial charge is 0.0775 e. The predicted molar refractivity (Wildman–Crippen MR) is 94.1 cm³/mol. The number of hydrogen-bond acceptors (Lipinski definition) is 1. The summed E-state index contributed by atoms with van der Waals surface area (Å²) in [6.07, 6.45) is 0. The van der Waals surface area contributed by atoms with Crippen LogP contribution in [0.4, 0.5) is 0 Å². The third-order valence-electron chi connectivity index (χ3n) is 3.37. The van der Waals surface area contributed by atoms with Crippen molar-refractivity contribution in [1.29, 1.82) is 0 Å². The fourth-order valence-electron chi connectivity index (χ4n) is 2.12. The Morgan fingerprint density at radius 1 is 0.900 bits per heavy atom. The van der Waals surface area contributed by atoms with Crippen LogP contribution in [0.2, 0.25) is 19.6 Å². The highest BCUT2D eigenvalue weighted by Gasteiger charge is 2.15. The van der Waals surface area contributed by atoms with Crippen molar-refractivity contribution in [2.75, 3.05) is 0 Å². The van der Waals surface area contributed by atoms with E-state index in [4.69, 9.17) is 0 Å². The van der Waals surface area contributed by atoms with Gasteiger partial charge in [0.15, 0.2) is 0 Å². The first-order valence-electron chi connectivity index (χ1n) is 7.00. The second kappa shape index (κ2) is 6.70. The van der Waals surface area contributed by atoms with Crippen LogP contribution in [0.3, 0.4) is 0 Å². The Kier molecular flexibility index (Phi) is 5.19. The van der Waals surface area contributed by atoms with Crippen LogP contribution in [0.5, 0.6) is 0 Å². The molecule has 0 atom stereocenters. The lowest BCUT2D eigenvalue weighted by Gasteiger charge is -2.16. The van der Waals surface area contributed by atoms with Crippen LogP contribution in [0, 0.1) is 0 Å². The molecule has 0 saturated carbocycles. The number of hydrogen-bond donors (Lipinski definition) is 1. The summed E-state index contributed by atoms with van der Waals surface area (Å²) in [5, 5.41) is 5.02. The number of rotatable bonds is 5. The van der Waals surface area contributed by atoms with Gasteiger partial charge in [-0.05, 0) is 23.3 Å². The van der Waals surface area contributed by atoms with E-state index in [2.05, 4.69) is 89.4 Å². The van der Waals surface area contributed by atoms with Crippen LogP contribution in [-0.2, 0) is 13.1 Å². The largest absolute Gasteiger partial charge is 0.309 e. The van der Waals surface area contributed by atoms with Crippen molar-refractivity contribution in [2.24, 2.45) is 0 Å². The Bertz CT molecular complexity index is 558. The van der Waals surface area contributed by atoms with Crippen LogP contribution in [0.15, 0.2) is 53.0 Å². The molecule has 1 N–H and O–H groups in total. The summed E-state index contributed by atoms with van der Waals surface area (Å²) in [5.41, 5.74) is 2.65. The molecule has 0 unspecified atom stereocenters. The predicted octanol–water partition coefficient (Wildman–Crippen LogP) is 4.28. The molecule has 0 amide bonds. The van der Waals surface area contributed by atoms with Gasteiger partial charge in [-0.1, -0.05) is 77.2 Å². The van der Waals surface area contributed by atoms with E-state index in [1.54, 1.807) is 0 Å².